The molecule has 0 aliphatic carbocycles. The van der Waals surface area contributed by atoms with Gasteiger partial charge in [-0.25, -0.2) is 14.8 Å². The zero-order chi connectivity index (χ0) is 12.1. The molecule has 0 aliphatic rings. The first-order chi connectivity index (χ1) is 7.58. The van der Waals surface area contributed by atoms with E-state index in [9.17, 15) is 4.79 Å². The van der Waals surface area contributed by atoms with Gasteiger partial charge in [0.2, 0.25) is 0 Å². The summed E-state index contributed by atoms with van der Waals surface area (Å²) in [5, 5.41) is 8.84. The second kappa shape index (κ2) is 5.55. The number of carboxylic acid groups (broad SMARTS) is 1. The number of aromatic nitrogens is 2. The lowest BCUT2D eigenvalue weighted by Crippen LogP contribution is -2.23. The van der Waals surface area contributed by atoms with Crippen LogP contribution in [0.4, 0.5) is 0 Å². The molecule has 16 heavy (non-hydrogen) atoms. The number of hydrogen-bond acceptors (Lipinski definition) is 4. The second-order valence-electron chi connectivity index (χ2n) is 3.55. The summed E-state index contributed by atoms with van der Waals surface area (Å²) in [6, 6.07) is 0. The zero-order valence-corrected chi connectivity index (χ0v) is 9.90. The lowest BCUT2D eigenvalue weighted by molar-refractivity contribution is 0.0695. The molecule has 0 aliphatic heterocycles. The van der Waals surface area contributed by atoms with Gasteiger partial charge in [0.05, 0.1) is 17.8 Å². The third kappa shape index (κ3) is 3.00. The molecule has 0 aromatic carbocycles. The number of aromatic carboxylic acids is 1. The van der Waals surface area contributed by atoms with Gasteiger partial charge in [-0.3, -0.25) is 4.90 Å². The minimum absolute atomic E-state index is 0.170. The third-order valence-electron chi connectivity index (χ3n) is 2.52. The molecule has 1 aromatic rings. The summed E-state index contributed by atoms with van der Waals surface area (Å²) in [4.78, 5) is 21.2. The molecular weight excluding hydrogens is 206 g/mol. The molecule has 1 N–H and O–H groups in total. The topological polar surface area (TPSA) is 66.3 Å². The molecule has 0 spiro atoms. The Morgan fingerprint density at radius 3 is 2.50 bits per heavy atom. The van der Waals surface area contributed by atoms with Gasteiger partial charge in [0.15, 0.2) is 0 Å². The van der Waals surface area contributed by atoms with Crippen LogP contribution in [0, 0.1) is 6.92 Å². The Bertz CT molecular complexity index is 375. The van der Waals surface area contributed by atoms with Gasteiger partial charge in [-0.15, -0.1) is 0 Å². The predicted molar refractivity (Wildman–Crippen MR) is 60.4 cm³/mol. The number of nitrogens with zero attached hydrogens (tertiary/aromatic N) is 3. The number of rotatable bonds is 5. The van der Waals surface area contributed by atoms with Gasteiger partial charge in [-0.2, -0.15) is 0 Å². The van der Waals surface area contributed by atoms with Gasteiger partial charge >= 0.3 is 5.97 Å². The van der Waals surface area contributed by atoms with Crippen molar-refractivity contribution in [3.63, 3.8) is 0 Å². The van der Waals surface area contributed by atoms with Gasteiger partial charge in [0.25, 0.3) is 0 Å². The lowest BCUT2D eigenvalue weighted by atomic mass is 10.2. The van der Waals surface area contributed by atoms with Crippen LogP contribution in [0.15, 0.2) is 6.20 Å². The SMILES string of the molecule is CCN(CC)Cc1ncc(C(=O)O)c(C)n1. The lowest BCUT2D eigenvalue weighted by Gasteiger charge is -2.16. The Balaban J connectivity index is 2.84. The van der Waals surface area contributed by atoms with Crippen LogP contribution >= 0.6 is 0 Å². The summed E-state index contributed by atoms with van der Waals surface area (Å²) in [6.45, 7) is 8.35. The van der Waals surface area contributed by atoms with Crippen LogP contribution in [0.3, 0.4) is 0 Å². The van der Waals surface area contributed by atoms with Crippen molar-refractivity contribution in [3.05, 3.63) is 23.3 Å². The monoisotopic (exact) mass is 223 g/mol. The Morgan fingerprint density at radius 2 is 2.06 bits per heavy atom. The number of carboxylic acids is 1. The highest BCUT2D eigenvalue weighted by Gasteiger charge is 2.11. The fraction of sp³-hybridized carbons (Fsp3) is 0.545. The molecular formula is C11H17N3O2. The second-order valence-corrected chi connectivity index (χ2v) is 3.55. The van der Waals surface area contributed by atoms with E-state index in [1.54, 1.807) is 6.92 Å². The summed E-state index contributed by atoms with van der Waals surface area (Å²) in [5.74, 6) is -0.307. The van der Waals surface area contributed by atoms with Crippen LogP contribution in [-0.2, 0) is 6.54 Å². The first kappa shape index (κ1) is 12.6. The van der Waals surface area contributed by atoms with Crippen molar-refractivity contribution in [2.24, 2.45) is 0 Å². The Labute approximate surface area is 95.1 Å². The summed E-state index contributed by atoms with van der Waals surface area (Å²) in [6.07, 6.45) is 1.38. The molecule has 0 bridgehead atoms. The van der Waals surface area contributed by atoms with E-state index < -0.39 is 5.97 Å². The first-order valence-electron chi connectivity index (χ1n) is 5.36. The van der Waals surface area contributed by atoms with Gasteiger partial charge < -0.3 is 5.11 Å². The van der Waals surface area contributed by atoms with Crippen molar-refractivity contribution in [1.29, 1.82) is 0 Å². The van der Waals surface area contributed by atoms with E-state index in [-0.39, 0.29) is 5.56 Å². The summed E-state index contributed by atoms with van der Waals surface area (Å²) in [7, 11) is 0. The fourth-order valence-electron chi connectivity index (χ4n) is 1.45. The molecule has 0 fully saturated rings. The van der Waals surface area contributed by atoms with Crippen molar-refractivity contribution in [3.8, 4) is 0 Å². The van der Waals surface area contributed by atoms with E-state index in [0.29, 0.717) is 18.1 Å². The maximum Gasteiger partial charge on any atom is 0.339 e. The fourth-order valence-corrected chi connectivity index (χ4v) is 1.45. The smallest absolute Gasteiger partial charge is 0.339 e. The molecule has 5 heteroatoms. The number of hydrogen-bond donors (Lipinski definition) is 1. The summed E-state index contributed by atoms with van der Waals surface area (Å²) in [5.41, 5.74) is 0.688. The molecule has 0 amide bonds. The number of aryl methyl sites for hydroxylation is 1. The third-order valence-corrected chi connectivity index (χ3v) is 2.52. The standard InChI is InChI=1S/C11H17N3O2/c1-4-14(5-2)7-10-12-6-9(11(15)16)8(3)13-10/h6H,4-5,7H2,1-3H3,(H,15,16). The quantitative estimate of drug-likeness (QED) is 0.815. The zero-order valence-electron chi connectivity index (χ0n) is 9.90. The molecule has 88 valence electrons. The minimum Gasteiger partial charge on any atom is -0.478 e. The van der Waals surface area contributed by atoms with Crippen molar-refractivity contribution in [2.45, 2.75) is 27.3 Å². The van der Waals surface area contributed by atoms with Crippen LogP contribution in [0.2, 0.25) is 0 Å². The van der Waals surface area contributed by atoms with Gasteiger partial charge in [0.1, 0.15) is 5.82 Å². The highest BCUT2D eigenvalue weighted by molar-refractivity contribution is 5.88. The van der Waals surface area contributed by atoms with E-state index in [4.69, 9.17) is 5.11 Å². The molecule has 1 aromatic heterocycles. The first-order valence-corrected chi connectivity index (χ1v) is 5.36. The van der Waals surface area contributed by atoms with E-state index in [2.05, 4.69) is 28.7 Å². The highest BCUT2D eigenvalue weighted by Crippen LogP contribution is 2.05. The van der Waals surface area contributed by atoms with Crippen LogP contribution in [0.25, 0.3) is 0 Å². The minimum atomic E-state index is -0.980. The van der Waals surface area contributed by atoms with E-state index in [1.165, 1.54) is 6.20 Å². The molecule has 1 rings (SSSR count). The van der Waals surface area contributed by atoms with Crippen LogP contribution < -0.4 is 0 Å². The van der Waals surface area contributed by atoms with Crippen LogP contribution in [0.1, 0.15) is 35.7 Å². The average Bonchev–Trinajstić information content (AvgIpc) is 2.25. The average molecular weight is 223 g/mol. The van der Waals surface area contributed by atoms with Gasteiger partial charge in [-0.05, 0) is 20.0 Å². The normalized spacial score (nSPS) is 10.8. The van der Waals surface area contributed by atoms with Crippen molar-refractivity contribution in [1.82, 2.24) is 14.9 Å². The largest absolute Gasteiger partial charge is 0.478 e. The highest BCUT2D eigenvalue weighted by atomic mass is 16.4. The molecule has 0 atom stereocenters. The summed E-state index contributed by atoms with van der Waals surface area (Å²) < 4.78 is 0. The molecule has 5 nitrogen and oxygen atoms in total. The van der Waals surface area contributed by atoms with Crippen molar-refractivity contribution >= 4 is 5.97 Å². The molecule has 0 unspecified atom stereocenters. The summed E-state index contributed by atoms with van der Waals surface area (Å²) >= 11 is 0. The van der Waals surface area contributed by atoms with Crippen molar-refractivity contribution < 1.29 is 9.90 Å². The Morgan fingerprint density at radius 1 is 1.44 bits per heavy atom. The number of carbonyl (C=O) groups is 1. The molecule has 1 heterocycles. The van der Waals surface area contributed by atoms with Gasteiger partial charge in [0, 0.05) is 6.20 Å². The van der Waals surface area contributed by atoms with E-state index in [1.807, 2.05) is 0 Å². The van der Waals surface area contributed by atoms with Crippen LogP contribution in [0.5, 0.6) is 0 Å². The molecule has 0 radical (unpaired) electrons. The van der Waals surface area contributed by atoms with Gasteiger partial charge in [-0.1, -0.05) is 13.8 Å². The van der Waals surface area contributed by atoms with E-state index in [0.717, 1.165) is 13.1 Å². The Kier molecular flexibility index (Phi) is 4.37. The van der Waals surface area contributed by atoms with Crippen LogP contribution in [-0.4, -0.2) is 39.0 Å². The van der Waals surface area contributed by atoms with Crippen molar-refractivity contribution in [2.75, 3.05) is 13.1 Å². The maximum absolute atomic E-state index is 10.8. The predicted octanol–water partition coefficient (Wildman–Crippen LogP) is 1.33. The van der Waals surface area contributed by atoms with E-state index >= 15 is 0 Å². The molecule has 0 saturated carbocycles. The molecule has 0 saturated heterocycles. The maximum atomic E-state index is 10.8. The Hall–Kier alpha value is -1.49.